The Balaban J connectivity index is 1.90. The third kappa shape index (κ3) is 4.23. The van der Waals surface area contributed by atoms with Crippen LogP contribution in [0.25, 0.3) is 0 Å². The van der Waals surface area contributed by atoms with Gasteiger partial charge in [0.05, 0.1) is 12.5 Å². The van der Waals surface area contributed by atoms with E-state index in [1.54, 1.807) is 49.4 Å². The van der Waals surface area contributed by atoms with Gasteiger partial charge in [-0.2, -0.15) is 0 Å². The molecule has 2 aromatic rings. The van der Waals surface area contributed by atoms with Gasteiger partial charge in [-0.05, 0) is 30.2 Å². The molecule has 0 bridgehead atoms. The molecule has 0 aliphatic carbocycles. The number of hydrogen-bond donors (Lipinski definition) is 3. The molecule has 1 amide bonds. The highest BCUT2D eigenvalue weighted by Gasteiger charge is 2.13. The number of aliphatic hydroxyl groups excluding tert-OH is 1. The van der Waals surface area contributed by atoms with E-state index in [1.165, 1.54) is 0 Å². The van der Waals surface area contributed by atoms with Gasteiger partial charge >= 0.3 is 0 Å². The van der Waals surface area contributed by atoms with Crippen LogP contribution in [-0.2, 0) is 11.2 Å². The number of aromatic hydroxyl groups is 1. The number of rotatable bonds is 5. The van der Waals surface area contributed by atoms with Gasteiger partial charge in [0.15, 0.2) is 0 Å². The van der Waals surface area contributed by atoms with Crippen LogP contribution in [0.2, 0.25) is 5.02 Å². The summed E-state index contributed by atoms with van der Waals surface area (Å²) in [6, 6.07) is 12.1. The minimum Gasteiger partial charge on any atom is -0.508 e. The molecular weight excluding hydrogens is 302 g/mol. The molecule has 3 N–H and O–H groups in total. The van der Waals surface area contributed by atoms with Crippen molar-refractivity contribution in [3.05, 3.63) is 64.2 Å². The first kappa shape index (κ1) is 16.3. The van der Waals surface area contributed by atoms with Crippen molar-refractivity contribution >= 4 is 17.5 Å². The lowest BCUT2D eigenvalue weighted by Gasteiger charge is -2.13. The highest BCUT2D eigenvalue weighted by molar-refractivity contribution is 6.31. The number of benzene rings is 2. The van der Waals surface area contributed by atoms with Gasteiger partial charge in [-0.1, -0.05) is 41.9 Å². The van der Waals surface area contributed by atoms with Gasteiger partial charge in [-0.3, -0.25) is 4.79 Å². The van der Waals surface area contributed by atoms with E-state index >= 15 is 0 Å². The minimum absolute atomic E-state index is 0.0837. The Labute approximate surface area is 134 Å². The molecule has 2 rings (SSSR count). The molecule has 4 nitrogen and oxygen atoms in total. The Hall–Kier alpha value is -2.04. The van der Waals surface area contributed by atoms with E-state index in [0.29, 0.717) is 16.1 Å². The number of phenols is 1. The molecule has 0 fully saturated rings. The zero-order valence-electron chi connectivity index (χ0n) is 12.2. The molecule has 5 heteroatoms. The Kier molecular flexibility index (Phi) is 5.41. The summed E-state index contributed by atoms with van der Waals surface area (Å²) in [4.78, 5) is 11.9. The van der Waals surface area contributed by atoms with Gasteiger partial charge in [-0.15, -0.1) is 0 Å². The maximum Gasteiger partial charge on any atom is 0.224 e. The fourth-order valence-corrected chi connectivity index (χ4v) is 2.34. The molecule has 0 saturated heterocycles. The molecule has 1 atom stereocenters. The average molecular weight is 320 g/mol. The molecule has 0 aromatic heterocycles. The molecule has 0 radical (unpaired) electrons. The summed E-state index contributed by atoms with van der Waals surface area (Å²) in [7, 11) is 0. The van der Waals surface area contributed by atoms with Crippen LogP contribution in [0.1, 0.15) is 22.8 Å². The van der Waals surface area contributed by atoms with Crippen molar-refractivity contribution in [1.29, 1.82) is 0 Å². The molecule has 0 aliphatic heterocycles. The van der Waals surface area contributed by atoms with Gasteiger partial charge in [-0.25, -0.2) is 0 Å². The van der Waals surface area contributed by atoms with Crippen molar-refractivity contribution in [2.24, 2.45) is 0 Å². The molecule has 1 unspecified atom stereocenters. The molecule has 0 heterocycles. The van der Waals surface area contributed by atoms with Crippen molar-refractivity contribution in [3.63, 3.8) is 0 Å². The second-order valence-electron chi connectivity index (χ2n) is 5.14. The second-order valence-corrected chi connectivity index (χ2v) is 5.55. The van der Waals surface area contributed by atoms with E-state index in [-0.39, 0.29) is 24.6 Å². The number of amides is 1. The van der Waals surface area contributed by atoms with Crippen molar-refractivity contribution in [3.8, 4) is 5.75 Å². The lowest BCUT2D eigenvalue weighted by atomic mass is 10.1. The maximum atomic E-state index is 11.9. The molecular formula is C17H18ClNO3. The predicted octanol–water partition coefficient (Wildman–Crippen LogP) is 2.75. The first-order valence-electron chi connectivity index (χ1n) is 6.95. The van der Waals surface area contributed by atoms with Crippen LogP contribution in [0.5, 0.6) is 5.75 Å². The van der Waals surface area contributed by atoms with E-state index in [0.717, 1.165) is 5.56 Å². The van der Waals surface area contributed by atoms with Gasteiger partial charge in [0.25, 0.3) is 0 Å². The number of aryl methyl sites for hydroxylation is 1. The van der Waals surface area contributed by atoms with Crippen LogP contribution in [-0.4, -0.2) is 22.7 Å². The van der Waals surface area contributed by atoms with E-state index in [1.807, 2.05) is 0 Å². The zero-order chi connectivity index (χ0) is 16.1. The Morgan fingerprint density at radius 3 is 2.68 bits per heavy atom. The maximum absolute atomic E-state index is 11.9. The fraction of sp³-hybridized carbons (Fsp3) is 0.235. The van der Waals surface area contributed by atoms with E-state index in [9.17, 15) is 15.0 Å². The molecule has 2 aromatic carbocycles. The summed E-state index contributed by atoms with van der Waals surface area (Å²) in [5, 5.41) is 22.8. The van der Waals surface area contributed by atoms with Crippen LogP contribution in [0.15, 0.2) is 42.5 Å². The zero-order valence-corrected chi connectivity index (χ0v) is 13.0. The molecule has 22 heavy (non-hydrogen) atoms. The number of aliphatic hydroxyl groups is 1. The van der Waals surface area contributed by atoms with Crippen molar-refractivity contribution in [1.82, 2.24) is 5.32 Å². The van der Waals surface area contributed by atoms with Crippen LogP contribution in [0.4, 0.5) is 0 Å². The number of halogens is 1. The van der Waals surface area contributed by atoms with Crippen molar-refractivity contribution < 1.29 is 15.0 Å². The normalized spacial score (nSPS) is 12.0. The standard InChI is InChI=1S/C17H18ClNO3/c1-11-6-7-12(8-15(11)20)9-17(22)19-10-16(21)13-4-2-3-5-14(13)18/h2-8,16,20-21H,9-10H2,1H3,(H,19,22). The van der Waals surface area contributed by atoms with E-state index < -0.39 is 6.10 Å². The van der Waals surface area contributed by atoms with Crippen molar-refractivity contribution in [2.75, 3.05) is 6.54 Å². The first-order valence-corrected chi connectivity index (χ1v) is 7.33. The summed E-state index contributed by atoms with van der Waals surface area (Å²) in [6.45, 7) is 1.87. The average Bonchev–Trinajstić information content (AvgIpc) is 2.49. The highest BCUT2D eigenvalue weighted by Crippen LogP contribution is 2.22. The lowest BCUT2D eigenvalue weighted by molar-refractivity contribution is -0.120. The van der Waals surface area contributed by atoms with Crippen LogP contribution < -0.4 is 5.32 Å². The number of phenolic OH excluding ortho intramolecular Hbond substituents is 1. The highest BCUT2D eigenvalue weighted by atomic mass is 35.5. The lowest BCUT2D eigenvalue weighted by Crippen LogP contribution is -2.29. The van der Waals surface area contributed by atoms with E-state index in [4.69, 9.17) is 11.6 Å². The minimum atomic E-state index is -0.857. The smallest absolute Gasteiger partial charge is 0.224 e. The largest absolute Gasteiger partial charge is 0.508 e. The Morgan fingerprint density at radius 1 is 1.27 bits per heavy atom. The fourth-order valence-electron chi connectivity index (χ4n) is 2.08. The first-order chi connectivity index (χ1) is 10.5. The Bertz CT molecular complexity index is 673. The number of carbonyl (C=O) groups is 1. The molecule has 0 saturated carbocycles. The topological polar surface area (TPSA) is 69.6 Å². The third-order valence-corrected chi connectivity index (χ3v) is 3.74. The van der Waals surface area contributed by atoms with Crippen LogP contribution in [0.3, 0.4) is 0 Å². The van der Waals surface area contributed by atoms with Gasteiger partial charge in [0.1, 0.15) is 5.75 Å². The summed E-state index contributed by atoms with van der Waals surface area (Å²) in [5.41, 5.74) is 2.06. The number of carbonyl (C=O) groups excluding carboxylic acids is 1. The quantitative estimate of drug-likeness (QED) is 0.793. The predicted molar refractivity (Wildman–Crippen MR) is 86.0 cm³/mol. The summed E-state index contributed by atoms with van der Waals surface area (Å²) >= 11 is 6.00. The van der Waals surface area contributed by atoms with Gasteiger partial charge < -0.3 is 15.5 Å². The molecule has 0 spiro atoms. The van der Waals surface area contributed by atoms with Crippen molar-refractivity contribution in [2.45, 2.75) is 19.4 Å². The molecule has 116 valence electrons. The number of nitrogens with one attached hydrogen (secondary N) is 1. The van der Waals surface area contributed by atoms with Crippen LogP contribution in [0, 0.1) is 6.92 Å². The summed E-state index contributed by atoms with van der Waals surface area (Å²) < 4.78 is 0. The van der Waals surface area contributed by atoms with Gasteiger partial charge in [0, 0.05) is 17.1 Å². The number of hydrogen-bond acceptors (Lipinski definition) is 3. The summed E-state index contributed by atoms with van der Waals surface area (Å²) in [6.07, 6.45) is -0.715. The second kappa shape index (κ2) is 7.29. The summed E-state index contributed by atoms with van der Waals surface area (Å²) in [5.74, 6) is -0.0595. The SMILES string of the molecule is Cc1ccc(CC(=O)NCC(O)c2ccccc2Cl)cc1O. The molecule has 0 aliphatic rings. The van der Waals surface area contributed by atoms with Crippen LogP contribution >= 0.6 is 11.6 Å². The monoisotopic (exact) mass is 319 g/mol. The van der Waals surface area contributed by atoms with Gasteiger partial charge in [0.2, 0.25) is 5.91 Å². The van der Waals surface area contributed by atoms with E-state index in [2.05, 4.69) is 5.32 Å². The Morgan fingerprint density at radius 2 is 2.00 bits per heavy atom. The third-order valence-electron chi connectivity index (χ3n) is 3.40.